The smallest absolute Gasteiger partial charge is 0.173 e. The van der Waals surface area contributed by atoms with Gasteiger partial charge in [-0.05, 0) is 46.1 Å². The lowest BCUT2D eigenvalue weighted by Gasteiger charge is -2.18. The monoisotopic (exact) mass is 247 g/mol. The van der Waals surface area contributed by atoms with Crippen molar-refractivity contribution in [2.75, 3.05) is 6.54 Å². The SMILES string of the molecule is Fc1cc2c(c(Br)c1F)CCNC2. The van der Waals surface area contributed by atoms with Crippen LogP contribution in [-0.4, -0.2) is 6.54 Å². The lowest BCUT2D eigenvalue weighted by atomic mass is 10.0. The molecule has 1 aromatic rings. The van der Waals surface area contributed by atoms with Gasteiger partial charge in [-0.2, -0.15) is 0 Å². The van der Waals surface area contributed by atoms with E-state index < -0.39 is 11.6 Å². The zero-order valence-electron chi connectivity index (χ0n) is 6.83. The molecule has 1 nitrogen and oxygen atoms in total. The number of halogens is 3. The van der Waals surface area contributed by atoms with E-state index in [1.54, 1.807) is 0 Å². The standard InChI is InChI=1S/C9H8BrF2N/c10-8-6-1-2-13-4-5(6)3-7(11)9(8)12/h3,13H,1-2,4H2. The molecule has 1 heterocycles. The van der Waals surface area contributed by atoms with Crippen LogP contribution >= 0.6 is 15.9 Å². The molecule has 0 unspecified atom stereocenters. The van der Waals surface area contributed by atoms with Crippen molar-refractivity contribution in [3.8, 4) is 0 Å². The fourth-order valence-electron chi connectivity index (χ4n) is 1.55. The molecule has 1 aliphatic rings. The van der Waals surface area contributed by atoms with Crippen molar-refractivity contribution in [1.29, 1.82) is 0 Å². The summed E-state index contributed by atoms with van der Waals surface area (Å²) in [6.45, 7) is 1.43. The molecule has 0 fully saturated rings. The van der Waals surface area contributed by atoms with Crippen molar-refractivity contribution in [3.05, 3.63) is 33.3 Å². The molecule has 1 aliphatic heterocycles. The Hall–Kier alpha value is -0.480. The largest absolute Gasteiger partial charge is 0.312 e. The molecule has 0 spiro atoms. The van der Waals surface area contributed by atoms with Gasteiger partial charge in [0.2, 0.25) is 0 Å². The second-order valence-electron chi connectivity index (χ2n) is 3.05. The number of rotatable bonds is 0. The van der Waals surface area contributed by atoms with E-state index in [2.05, 4.69) is 21.2 Å². The van der Waals surface area contributed by atoms with Gasteiger partial charge in [-0.15, -0.1) is 0 Å². The van der Waals surface area contributed by atoms with E-state index in [0.717, 1.165) is 24.1 Å². The summed E-state index contributed by atoms with van der Waals surface area (Å²) in [6, 6.07) is 1.27. The molecule has 0 bridgehead atoms. The molecule has 1 aromatic carbocycles. The third kappa shape index (κ3) is 1.48. The molecule has 0 saturated carbocycles. The molecule has 4 heteroatoms. The van der Waals surface area contributed by atoms with Gasteiger partial charge in [0.25, 0.3) is 0 Å². The van der Waals surface area contributed by atoms with Crippen LogP contribution < -0.4 is 5.32 Å². The molecule has 0 saturated heterocycles. The Morgan fingerprint density at radius 1 is 1.38 bits per heavy atom. The first-order valence-electron chi connectivity index (χ1n) is 4.06. The Morgan fingerprint density at radius 3 is 2.92 bits per heavy atom. The number of fused-ring (bicyclic) bond motifs is 1. The maximum Gasteiger partial charge on any atom is 0.173 e. The normalized spacial score (nSPS) is 15.6. The molecule has 0 amide bonds. The van der Waals surface area contributed by atoms with Crippen LogP contribution in [0.2, 0.25) is 0 Å². The van der Waals surface area contributed by atoms with Crippen LogP contribution in [0.1, 0.15) is 11.1 Å². The molecule has 0 radical (unpaired) electrons. The summed E-state index contributed by atoms with van der Waals surface area (Å²) in [6.07, 6.45) is 0.743. The highest BCUT2D eigenvalue weighted by Crippen LogP contribution is 2.28. The number of benzene rings is 1. The number of nitrogens with one attached hydrogen (secondary N) is 1. The Kier molecular flexibility index (Phi) is 2.34. The summed E-state index contributed by atoms with van der Waals surface area (Å²) in [4.78, 5) is 0. The van der Waals surface area contributed by atoms with Crippen molar-refractivity contribution in [2.24, 2.45) is 0 Å². The topological polar surface area (TPSA) is 12.0 Å². The van der Waals surface area contributed by atoms with E-state index >= 15 is 0 Å². The minimum Gasteiger partial charge on any atom is -0.312 e. The lowest BCUT2D eigenvalue weighted by molar-refractivity contribution is 0.495. The zero-order chi connectivity index (χ0) is 9.42. The van der Waals surface area contributed by atoms with Gasteiger partial charge in [0.05, 0.1) is 4.47 Å². The van der Waals surface area contributed by atoms with E-state index in [-0.39, 0.29) is 4.47 Å². The predicted molar refractivity (Wildman–Crippen MR) is 49.5 cm³/mol. The lowest BCUT2D eigenvalue weighted by Crippen LogP contribution is -2.24. The van der Waals surface area contributed by atoms with Crippen molar-refractivity contribution < 1.29 is 8.78 Å². The molecule has 0 atom stereocenters. The van der Waals surface area contributed by atoms with Crippen LogP contribution in [0.5, 0.6) is 0 Å². The Bertz CT molecular complexity index is 352. The maximum atomic E-state index is 13.1. The van der Waals surface area contributed by atoms with Gasteiger partial charge in [-0.1, -0.05) is 0 Å². The Balaban J connectivity index is 2.60. The molecule has 70 valence electrons. The molecule has 1 N–H and O–H groups in total. The van der Waals surface area contributed by atoms with Crippen LogP contribution in [-0.2, 0) is 13.0 Å². The molecular weight excluding hydrogens is 240 g/mol. The van der Waals surface area contributed by atoms with Crippen LogP contribution in [0, 0.1) is 11.6 Å². The summed E-state index contributed by atoms with van der Waals surface area (Å²) in [7, 11) is 0. The van der Waals surface area contributed by atoms with E-state index in [4.69, 9.17) is 0 Å². The van der Waals surface area contributed by atoms with Crippen molar-refractivity contribution in [2.45, 2.75) is 13.0 Å². The Labute approximate surface area is 83.3 Å². The average molecular weight is 248 g/mol. The van der Waals surface area contributed by atoms with E-state index in [9.17, 15) is 8.78 Å². The summed E-state index contributed by atoms with van der Waals surface area (Å²) in [5, 5.41) is 3.10. The highest BCUT2D eigenvalue weighted by Gasteiger charge is 2.18. The second-order valence-corrected chi connectivity index (χ2v) is 3.84. The van der Waals surface area contributed by atoms with E-state index in [1.807, 2.05) is 0 Å². The first kappa shape index (κ1) is 9.09. The quantitative estimate of drug-likeness (QED) is 0.695. The van der Waals surface area contributed by atoms with Crippen molar-refractivity contribution >= 4 is 15.9 Å². The maximum absolute atomic E-state index is 13.1. The number of hydrogen-bond donors (Lipinski definition) is 1. The van der Waals surface area contributed by atoms with Crippen LogP contribution in [0.15, 0.2) is 10.5 Å². The highest BCUT2D eigenvalue weighted by atomic mass is 79.9. The fraction of sp³-hybridized carbons (Fsp3) is 0.333. The second kappa shape index (κ2) is 3.35. The Morgan fingerprint density at radius 2 is 2.15 bits per heavy atom. The third-order valence-electron chi connectivity index (χ3n) is 2.22. The summed E-state index contributed by atoms with van der Waals surface area (Å²) in [5.74, 6) is -1.56. The van der Waals surface area contributed by atoms with Gasteiger partial charge in [-0.3, -0.25) is 0 Å². The molecule has 13 heavy (non-hydrogen) atoms. The van der Waals surface area contributed by atoms with Gasteiger partial charge in [-0.25, -0.2) is 8.78 Å². The summed E-state index contributed by atoms with van der Waals surface area (Å²) >= 11 is 3.07. The van der Waals surface area contributed by atoms with Gasteiger partial charge < -0.3 is 5.32 Å². The van der Waals surface area contributed by atoms with Crippen molar-refractivity contribution in [1.82, 2.24) is 5.32 Å². The van der Waals surface area contributed by atoms with Gasteiger partial charge >= 0.3 is 0 Å². The molecule has 0 aliphatic carbocycles. The average Bonchev–Trinajstić information content (AvgIpc) is 2.15. The minimum absolute atomic E-state index is 0.281. The van der Waals surface area contributed by atoms with Crippen molar-refractivity contribution in [3.63, 3.8) is 0 Å². The third-order valence-corrected chi connectivity index (χ3v) is 3.05. The van der Waals surface area contributed by atoms with Crippen LogP contribution in [0.4, 0.5) is 8.78 Å². The first-order chi connectivity index (χ1) is 6.20. The predicted octanol–water partition coefficient (Wildman–Crippen LogP) is 2.37. The van der Waals surface area contributed by atoms with Gasteiger partial charge in [0, 0.05) is 6.54 Å². The minimum atomic E-state index is -0.783. The summed E-state index contributed by atoms with van der Waals surface area (Å²) < 4.78 is 26.3. The molecule has 2 rings (SSSR count). The first-order valence-corrected chi connectivity index (χ1v) is 4.85. The van der Waals surface area contributed by atoms with Crippen LogP contribution in [0.25, 0.3) is 0 Å². The summed E-state index contributed by atoms with van der Waals surface area (Å²) in [5.41, 5.74) is 1.73. The van der Waals surface area contributed by atoms with Gasteiger partial charge in [0.15, 0.2) is 11.6 Å². The molecular formula is C9H8BrF2N. The fourth-order valence-corrected chi connectivity index (χ4v) is 2.19. The van der Waals surface area contributed by atoms with E-state index in [0.29, 0.717) is 6.54 Å². The highest BCUT2D eigenvalue weighted by molar-refractivity contribution is 9.10. The zero-order valence-corrected chi connectivity index (χ0v) is 8.42. The molecule has 0 aromatic heterocycles. The number of hydrogen-bond acceptors (Lipinski definition) is 1. The van der Waals surface area contributed by atoms with E-state index in [1.165, 1.54) is 6.07 Å². The van der Waals surface area contributed by atoms with Gasteiger partial charge in [0.1, 0.15) is 0 Å². The van der Waals surface area contributed by atoms with Crippen LogP contribution in [0.3, 0.4) is 0 Å².